The van der Waals surface area contributed by atoms with Crippen LogP contribution in [-0.4, -0.2) is 48.2 Å². The first kappa shape index (κ1) is 16.6. The second kappa shape index (κ2) is 7.35. The van der Waals surface area contributed by atoms with Gasteiger partial charge in [-0.3, -0.25) is 0 Å². The Morgan fingerprint density at radius 2 is 1.17 bits per heavy atom. The van der Waals surface area contributed by atoms with Gasteiger partial charge >= 0.3 is 0 Å². The molecule has 0 spiro atoms. The summed E-state index contributed by atoms with van der Waals surface area (Å²) in [4.78, 5) is 0. The van der Waals surface area contributed by atoms with Crippen LogP contribution in [0.3, 0.4) is 0 Å². The third kappa shape index (κ3) is 2.69. The predicted octanol–water partition coefficient (Wildman–Crippen LogP) is 2.20. The van der Waals surface area contributed by atoms with Crippen molar-refractivity contribution < 1.29 is 0 Å². The molecule has 3 nitrogen and oxygen atoms in total. The highest BCUT2D eigenvalue weighted by molar-refractivity contribution is 6.94. The fourth-order valence-corrected chi connectivity index (χ4v) is 25.0. The molecule has 108 valence electrons. The lowest BCUT2D eigenvalue weighted by Crippen LogP contribution is -2.82. The maximum atomic E-state index is 4.14. The Morgan fingerprint density at radius 3 is 1.39 bits per heavy atom. The predicted molar refractivity (Wildman–Crippen MR) is 89.9 cm³/mol. The summed E-state index contributed by atoms with van der Waals surface area (Å²) >= 11 is 0. The molecule has 0 amide bonds. The van der Waals surface area contributed by atoms with Crippen LogP contribution in [0.2, 0.25) is 24.2 Å². The van der Waals surface area contributed by atoms with Gasteiger partial charge in [0.2, 0.25) is 0 Å². The Labute approximate surface area is 119 Å². The van der Waals surface area contributed by atoms with E-state index in [1.807, 2.05) is 0 Å². The van der Waals surface area contributed by atoms with Gasteiger partial charge in [-0.05, 0) is 37.3 Å². The van der Waals surface area contributed by atoms with Crippen molar-refractivity contribution in [3.8, 4) is 0 Å². The van der Waals surface area contributed by atoms with Crippen LogP contribution in [0.25, 0.3) is 0 Å². The molecule has 1 saturated heterocycles. The van der Waals surface area contributed by atoms with Crippen LogP contribution in [-0.2, 0) is 0 Å². The molecule has 0 aromatic rings. The average Bonchev–Trinajstić information content (AvgIpc) is 2.44. The standard InChI is InChI=1S/C12H33N3Si3/c1-7-14-16(9-3)13-17(10-4)15(8-2)18(14,11-5)12-6/h13,16-17H,7-12H2,1-6H3. The van der Waals surface area contributed by atoms with Crippen LogP contribution >= 0.6 is 0 Å². The molecule has 2 atom stereocenters. The Hall–Kier alpha value is 0.531. The summed E-state index contributed by atoms with van der Waals surface area (Å²) in [7, 11) is -3.02. The molecule has 0 saturated carbocycles. The maximum Gasteiger partial charge on any atom is 0.194 e. The molecule has 6 heteroatoms. The molecule has 0 aromatic heterocycles. The molecule has 1 aliphatic rings. The van der Waals surface area contributed by atoms with E-state index < -0.39 is 26.6 Å². The van der Waals surface area contributed by atoms with Crippen molar-refractivity contribution in [2.75, 3.05) is 13.1 Å². The lowest BCUT2D eigenvalue weighted by molar-refractivity contribution is 0.496. The smallest absolute Gasteiger partial charge is 0.194 e. The van der Waals surface area contributed by atoms with E-state index in [-0.39, 0.29) is 0 Å². The lowest BCUT2D eigenvalue weighted by atomic mass is 10.8. The third-order valence-corrected chi connectivity index (χ3v) is 21.4. The van der Waals surface area contributed by atoms with Gasteiger partial charge in [-0.15, -0.1) is 0 Å². The number of nitrogens with zero attached hydrogens (tertiary/aromatic N) is 2. The van der Waals surface area contributed by atoms with E-state index in [0.29, 0.717) is 0 Å². The Kier molecular flexibility index (Phi) is 6.77. The second-order valence-corrected chi connectivity index (χ2v) is 17.1. The molecule has 1 fully saturated rings. The Balaban J connectivity index is 3.14. The van der Waals surface area contributed by atoms with Crippen molar-refractivity contribution in [2.24, 2.45) is 0 Å². The van der Waals surface area contributed by atoms with Gasteiger partial charge in [0.25, 0.3) is 0 Å². The van der Waals surface area contributed by atoms with Crippen molar-refractivity contribution >= 4 is 26.6 Å². The fourth-order valence-electron chi connectivity index (χ4n) is 3.92. The van der Waals surface area contributed by atoms with Gasteiger partial charge in [0, 0.05) is 0 Å². The summed E-state index contributed by atoms with van der Waals surface area (Å²) in [6, 6.07) is 5.62. The summed E-state index contributed by atoms with van der Waals surface area (Å²) in [6.45, 7) is 17.0. The SMILES string of the molecule is CCN1[SiH](CC)N[SiH](CC)N(CC)[Si]1(CC)CC. The molecule has 1 heterocycles. The molecule has 0 radical (unpaired) electrons. The van der Waals surface area contributed by atoms with E-state index in [0.717, 1.165) is 0 Å². The lowest BCUT2D eigenvalue weighted by Gasteiger charge is -2.58. The molecular weight excluding hydrogens is 270 g/mol. The number of nitrogens with one attached hydrogen (secondary N) is 1. The quantitative estimate of drug-likeness (QED) is 0.759. The second-order valence-electron chi connectivity index (χ2n) is 5.28. The van der Waals surface area contributed by atoms with Gasteiger partial charge in [-0.25, -0.2) is 0 Å². The van der Waals surface area contributed by atoms with E-state index in [4.69, 9.17) is 0 Å². The maximum absolute atomic E-state index is 4.14. The molecule has 0 bridgehead atoms. The van der Waals surface area contributed by atoms with Crippen LogP contribution in [0.15, 0.2) is 0 Å². The largest absolute Gasteiger partial charge is 0.341 e. The number of hydrogen-bond donors (Lipinski definition) is 1. The molecule has 1 rings (SSSR count). The minimum atomic E-state index is -1.33. The van der Waals surface area contributed by atoms with Gasteiger partial charge in [-0.1, -0.05) is 41.5 Å². The van der Waals surface area contributed by atoms with Crippen LogP contribution in [0.5, 0.6) is 0 Å². The van der Waals surface area contributed by atoms with Crippen molar-refractivity contribution in [2.45, 2.75) is 65.7 Å². The van der Waals surface area contributed by atoms with E-state index in [9.17, 15) is 0 Å². The Morgan fingerprint density at radius 1 is 0.778 bits per heavy atom. The minimum absolute atomic E-state index is 0.843. The summed E-state index contributed by atoms with van der Waals surface area (Å²) in [6.07, 6.45) is 0. The molecule has 1 N–H and O–H groups in total. The zero-order valence-corrected chi connectivity index (χ0v) is 16.6. The first-order chi connectivity index (χ1) is 8.64. The van der Waals surface area contributed by atoms with Gasteiger partial charge < -0.3 is 13.1 Å². The van der Waals surface area contributed by atoms with Gasteiger partial charge in [0.1, 0.15) is 0 Å². The van der Waals surface area contributed by atoms with E-state index >= 15 is 0 Å². The van der Waals surface area contributed by atoms with E-state index in [1.165, 1.54) is 37.3 Å². The molecule has 18 heavy (non-hydrogen) atoms. The van der Waals surface area contributed by atoms with Crippen molar-refractivity contribution in [1.29, 1.82) is 0 Å². The average molecular weight is 304 g/mol. The van der Waals surface area contributed by atoms with Crippen LogP contribution in [0.1, 0.15) is 41.5 Å². The van der Waals surface area contributed by atoms with Crippen LogP contribution in [0, 0.1) is 0 Å². The highest BCUT2D eigenvalue weighted by Gasteiger charge is 2.50. The van der Waals surface area contributed by atoms with Crippen LogP contribution < -0.4 is 4.65 Å². The van der Waals surface area contributed by atoms with Gasteiger partial charge in [-0.2, -0.15) is 0 Å². The summed E-state index contributed by atoms with van der Waals surface area (Å²) < 4.78 is 10.1. The monoisotopic (exact) mass is 303 g/mol. The fraction of sp³-hybridized carbons (Fsp3) is 1.00. The Bertz CT molecular complexity index is 229. The van der Waals surface area contributed by atoms with Gasteiger partial charge in [0.05, 0.1) is 0 Å². The van der Waals surface area contributed by atoms with Gasteiger partial charge in [0.15, 0.2) is 26.6 Å². The van der Waals surface area contributed by atoms with Crippen molar-refractivity contribution in [1.82, 2.24) is 13.1 Å². The molecule has 0 aliphatic carbocycles. The summed E-state index contributed by atoms with van der Waals surface area (Å²) in [5.41, 5.74) is 0. The van der Waals surface area contributed by atoms with Crippen molar-refractivity contribution in [3.63, 3.8) is 0 Å². The molecule has 2 unspecified atom stereocenters. The molecule has 1 aliphatic heterocycles. The number of rotatable bonds is 6. The van der Waals surface area contributed by atoms with E-state index in [1.54, 1.807) is 0 Å². The van der Waals surface area contributed by atoms with Crippen molar-refractivity contribution in [3.05, 3.63) is 0 Å². The summed E-state index contributed by atoms with van der Waals surface area (Å²) in [5.74, 6) is 0. The highest BCUT2D eigenvalue weighted by Crippen LogP contribution is 2.30. The molecular formula is C12H33N3Si3. The minimum Gasteiger partial charge on any atom is -0.341 e. The van der Waals surface area contributed by atoms with E-state index in [2.05, 4.69) is 54.7 Å². The topological polar surface area (TPSA) is 18.5 Å². The zero-order chi connectivity index (χ0) is 13.8. The zero-order valence-electron chi connectivity index (χ0n) is 13.3. The first-order valence-electron chi connectivity index (χ1n) is 7.94. The summed E-state index contributed by atoms with van der Waals surface area (Å²) in [5, 5.41) is 0. The highest BCUT2D eigenvalue weighted by atomic mass is 28.5. The number of hydrogen-bond acceptors (Lipinski definition) is 3. The first-order valence-corrected chi connectivity index (χ1v) is 14.1. The third-order valence-electron chi connectivity index (χ3n) is 4.79. The molecule has 0 aromatic carbocycles. The normalized spacial score (nSPS) is 29.7. The van der Waals surface area contributed by atoms with Crippen LogP contribution in [0.4, 0.5) is 0 Å².